The number of para-hydroxylation sites is 1. The van der Waals surface area contributed by atoms with Gasteiger partial charge >= 0.3 is 5.97 Å². The lowest BCUT2D eigenvalue weighted by Gasteiger charge is -2.25. The van der Waals surface area contributed by atoms with Crippen LogP contribution in [-0.4, -0.2) is 46.0 Å². The second-order valence-corrected chi connectivity index (χ2v) is 8.10. The molecule has 4 atom stereocenters. The van der Waals surface area contributed by atoms with E-state index >= 15 is 0 Å². The Morgan fingerprint density at radius 1 is 1.10 bits per heavy atom. The highest BCUT2D eigenvalue weighted by Crippen LogP contribution is 2.19. The van der Waals surface area contributed by atoms with Crippen molar-refractivity contribution >= 4 is 28.7 Å². The maximum Gasteiger partial charge on any atom is 0.326 e. The van der Waals surface area contributed by atoms with Gasteiger partial charge in [0.05, 0.1) is 6.04 Å². The molecule has 164 valence electrons. The number of aromatic amines is 1. The first-order valence-electron chi connectivity index (χ1n) is 10.3. The molecule has 1 aromatic heterocycles. The van der Waals surface area contributed by atoms with Gasteiger partial charge in [0.2, 0.25) is 11.8 Å². The quantitative estimate of drug-likeness (QED) is 0.402. The normalized spacial score (nSPS) is 15.4. The zero-order valence-electron chi connectivity index (χ0n) is 17.9. The molecule has 2 amide bonds. The average molecular weight is 417 g/mol. The predicted octanol–water partition coefficient (Wildman–Crippen LogP) is 1.79. The van der Waals surface area contributed by atoms with Crippen LogP contribution >= 0.6 is 0 Å². The molecule has 0 aliphatic rings. The van der Waals surface area contributed by atoms with Crippen LogP contribution in [0.3, 0.4) is 0 Å². The molecule has 2 aromatic rings. The number of carboxylic acid groups (broad SMARTS) is 1. The number of aromatic nitrogens is 1. The Hall–Kier alpha value is -2.87. The first-order chi connectivity index (χ1) is 14.1. The van der Waals surface area contributed by atoms with Gasteiger partial charge in [-0.3, -0.25) is 9.59 Å². The Morgan fingerprint density at radius 3 is 2.37 bits per heavy atom. The Morgan fingerprint density at radius 2 is 1.77 bits per heavy atom. The molecule has 8 heteroatoms. The van der Waals surface area contributed by atoms with E-state index < -0.39 is 35.9 Å². The van der Waals surface area contributed by atoms with Crippen molar-refractivity contribution in [2.45, 2.75) is 58.7 Å². The van der Waals surface area contributed by atoms with Gasteiger partial charge in [0, 0.05) is 23.5 Å². The van der Waals surface area contributed by atoms with Crippen LogP contribution in [0.25, 0.3) is 10.9 Å². The minimum absolute atomic E-state index is 0.0516. The molecule has 30 heavy (non-hydrogen) atoms. The largest absolute Gasteiger partial charge is 0.480 e. The highest BCUT2D eigenvalue weighted by molar-refractivity contribution is 5.93. The van der Waals surface area contributed by atoms with Gasteiger partial charge in [-0.1, -0.05) is 52.3 Å². The van der Waals surface area contributed by atoms with E-state index in [2.05, 4.69) is 15.6 Å². The fourth-order valence-corrected chi connectivity index (χ4v) is 3.28. The smallest absolute Gasteiger partial charge is 0.326 e. The molecular weight excluding hydrogens is 384 g/mol. The van der Waals surface area contributed by atoms with Crippen LogP contribution in [0.5, 0.6) is 0 Å². The maximum atomic E-state index is 13.0. The van der Waals surface area contributed by atoms with Crippen LogP contribution in [0.2, 0.25) is 0 Å². The number of rotatable bonds is 10. The monoisotopic (exact) mass is 416 g/mol. The highest BCUT2D eigenvalue weighted by Gasteiger charge is 2.31. The number of carbonyl (C=O) groups is 3. The third kappa shape index (κ3) is 5.60. The summed E-state index contributed by atoms with van der Waals surface area (Å²) in [7, 11) is 0. The van der Waals surface area contributed by atoms with E-state index in [9.17, 15) is 19.5 Å². The minimum atomic E-state index is -1.12. The molecule has 0 radical (unpaired) electrons. The van der Waals surface area contributed by atoms with Gasteiger partial charge in [0.15, 0.2) is 0 Å². The summed E-state index contributed by atoms with van der Waals surface area (Å²) in [5, 5.41) is 15.7. The van der Waals surface area contributed by atoms with Crippen LogP contribution in [0, 0.1) is 11.8 Å². The first-order valence-corrected chi connectivity index (χ1v) is 10.3. The van der Waals surface area contributed by atoms with Crippen LogP contribution < -0.4 is 16.4 Å². The summed E-state index contributed by atoms with van der Waals surface area (Å²) >= 11 is 0. The minimum Gasteiger partial charge on any atom is -0.480 e. The van der Waals surface area contributed by atoms with Crippen molar-refractivity contribution in [1.82, 2.24) is 15.6 Å². The third-order valence-corrected chi connectivity index (χ3v) is 5.52. The Kier molecular flexibility index (Phi) is 8.00. The topological polar surface area (TPSA) is 137 Å². The number of carboxylic acids is 1. The van der Waals surface area contributed by atoms with Crippen molar-refractivity contribution < 1.29 is 19.5 Å². The zero-order chi connectivity index (χ0) is 22.4. The van der Waals surface area contributed by atoms with Crippen LogP contribution in [-0.2, 0) is 20.8 Å². The SMILES string of the molecule is CC[C@H](C)[C@H](N)C(=O)N[C@@H](Cc1c[nH]c2ccccc12)C(=O)N[C@H](C(=O)O)C(C)C. The summed E-state index contributed by atoms with van der Waals surface area (Å²) < 4.78 is 0. The number of H-pyrrole nitrogens is 1. The van der Waals surface area contributed by atoms with Crippen LogP contribution in [0.1, 0.15) is 39.7 Å². The molecule has 0 spiro atoms. The van der Waals surface area contributed by atoms with Crippen molar-refractivity contribution in [3.05, 3.63) is 36.0 Å². The summed E-state index contributed by atoms with van der Waals surface area (Å²) in [6.07, 6.45) is 2.73. The molecule has 0 aliphatic carbocycles. The summed E-state index contributed by atoms with van der Waals surface area (Å²) in [4.78, 5) is 40.3. The van der Waals surface area contributed by atoms with Crippen molar-refractivity contribution in [2.75, 3.05) is 0 Å². The molecule has 1 aromatic carbocycles. The second-order valence-electron chi connectivity index (χ2n) is 8.10. The fraction of sp³-hybridized carbons (Fsp3) is 0.500. The second kappa shape index (κ2) is 10.2. The summed E-state index contributed by atoms with van der Waals surface area (Å²) in [5.41, 5.74) is 7.80. The molecular formula is C22H32N4O4. The number of nitrogens with one attached hydrogen (secondary N) is 3. The molecule has 0 fully saturated rings. The molecule has 0 unspecified atom stereocenters. The van der Waals surface area contributed by atoms with Crippen LogP contribution in [0.15, 0.2) is 30.5 Å². The predicted molar refractivity (Wildman–Crippen MR) is 116 cm³/mol. The van der Waals surface area contributed by atoms with Gasteiger partial charge in [-0.25, -0.2) is 4.79 Å². The van der Waals surface area contributed by atoms with Gasteiger partial charge in [-0.05, 0) is 23.5 Å². The number of fused-ring (bicyclic) bond motifs is 1. The standard InChI is InChI=1S/C22H32N4O4/c1-5-13(4)18(23)21(28)25-17(20(27)26-19(12(2)3)22(29)30)10-14-11-24-16-9-7-6-8-15(14)16/h6-9,11-13,17-19,24H,5,10,23H2,1-4H3,(H,25,28)(H,26,27)(H,29,30)/t13-,17-,18-,19-/m0/s1. The summed E-state index contributed by atoms with van der Waals surface area (Å²) in [6.45, 7) is 7.24. The van der Waals surface area contributed by atoms with E-state index in [-0.39, 0.29) is 18.3 Å². The van der Waals surface area contributed by atoms with Crippen molar-refractivity contribution in [2.24, 2.45) is 17.6 Å². The van der Waals surface area contributed by atoms with E-state index in [0.29, 0.717) is 0 Å². The molecule has 8 nitrogen and oxygen atoms in total. The first kappa shape index (κ1) is 23.4. The van der Waals surface area contributed by atoms with Crippen molar-refractivity contribution in [3.63, 3.8) is 0 Å². The lowest BCUT2D eigenvalue weighted by atomic mass is 9.97. The number of aliphatic carboxylic acids is 1. The van der Waals surface area contributed by atoms with E-state index in [0.717, 1.165) is 22.9 Å². The summed E-state index contributed by atoms with van der Waals surface area (Å²) in [5.74, 6) is -2.46. The lowest BCUT2D eigenvalue weighted by Crippen LogP contribution is -2.56. The molecule has 6 N–H and O–H groups in total. The van der Waals surface area contributed by atoms with E-state index in [1.54, 1.807) is 20.0 Å². The molecule has 1 heterocycles. The number of carbonyl (C=O) groups excluding carboxylic acids is 2. The van der Waals surface area contributed by atoms with Crippen molar-refractivity contribution in [3.8, 4) is 0 Å². The lowest BCUT2D eigenvalue weighted by molar-refractivity contribution is -0.143. The van der Waals surface area contributed by atoms with E-state index in [4.69, 9.17) is 5.73 Å². The molecule has 0 aliphatic heterocycles. The average Bonchev–Trinajstić information content (AvgIpc) is 3.12. The fourth-order valence-electron chi connectivity index (χ4n) is 3.28. The van der Waals surface area contributed by atoms with Gasteiger partial charge in [0.1, 0.15) is 12.1 Å². The van der Waals surface area contributed by atoms with E-state index in [1.807, 2.05) is 38.1 Å². The van der Waals surface area contributed by atoms with Crippen molar-refractivity contribution in [1.29, 1.82) is 0 Å². The number of benzene rings is 1. The number of hydrogen-bond donors (Lipinski definition) is 5. The molecule has 0 bridgehead atoms. The molecule has 0 saturated heterocycles. The number of hydrogen-bond acceptors (Lipinski definition) is 4. The maximum absolute atomic E-state index is 13.0. The number of amides is 2. The Bertz CT molecular complexity index is 892. The summed E-state index contributed by atoms with van der Waals surface area (Å²) in [6, 6.07) is 4.89. The Labute approximate surface area is 176 Å². The van der Waals surface area contributed by atoms with Gasteiger partial charge in [-0.15, -0.1) is 0 Å². The van der Waals surface area contributed by atoms with Crippen LogP contribution in [0.4, 0.5) is 0 Å². The highest BCUT2D eigenvalue weighted by atomic mass is 16.4. The van der Waals surface area contributed by atoms with E-state index in [1.165, 1.54) is 0 Å². The molecule has 0 saturated carbocycles. The Balaban J connectivity index is 2.28. The zero-order valence-corrected chi connectivity index (χ0v) is 17.9. The molecule has 2 rings (SSSR count). The van der Waals surface area contributed by atoms with Gasteiger partial charge in [-0.2, -0.15) is 0 Å². The van der Waals surface area contributed by atoms with Gasteiger partial charge < -0.3 is 26.5 Å². The number of nitrogens with two attached hydrogens (primary N) is 1. The third-order valence-electron chi connectivity index (χ3n) is 5.52. The van der Waals surface area contributed by atoms with Gasteiger partial charge in [0.25, 0.3) is 0 Å².